The molecule has 0 radical (unpaired) electrons. The van der Waals surface area contributed by atoms with Crippen molar-refractivity contribution in [3.63, 3.8) is 0 Å². The number of carbonyl (C=O) groups excluding carboxylic acids is 1. The number of hydrogen-bond donors (Lipinski definition) is 0. The van der Waals surface area contributed by atoms with Gasteiger partial charge >= 0.3 is 0 Å². The van der Waals surface area contributed by atoms with E-state index in [4.69, 9.17) is 4.74 Å². The summed E-state index contributed by atoms with van der Waals surface area (Å²) in [6.07, 6.45) is 2.48. The molecule has 0 N–H and O–H groups in total. The highest BCUT2D eigenvalue weighted by molar-refractivity contribution is 6.02. The highest BCUT2D eigenvalue weighted by Crippen LogP contribution is 2.30. The zero-order valence-corrected chi connectivity index (χ0v) is 8.38. The van der Waals surface area contributed by atoms with Gasteiger partial charge in [-0.3, -0.25) is 4.79 Å². The maximum Gasteiger partial charge on any atom is 0.167 e. The lowest BCUT2D eigenvalue weighted by Crippen LogP contribution is -2.01. The molecule has 0 spiro atoms. The van der Waals surface area contributed by atoms with E-state index < -0.39 is 0 Å². The fourth-order valence-corrected chi connectivity index (χ4v) is 1.81. The van der Waals surface area contributed by atoms with Crippen molar-refractivity contribution in [3.8, 4) is 5.75 Å². The molecular weight excluding hydrogens is 176 g/mol. The van der Waals surface area contributed by atoms with Crippen LogP contribution in [0.1, 0.15) is 35.7 Å². The molecule has 0 heterocycles. The van der Waals surface area contributed by atoms with E-state index in [1.165, 1.54) is 0 Å². The monoisotopic (exact) mass is 190 g/mol. The molecule has 1 aliphatic rings. The predicted molar refractivity (Wildman–Crippen MR) is 54.9 cm³/mol. The van der Waals surface area contributed by atoms with Crippen molar-refractivity contribution in [2.24, 2.45) is 0 Å². The van der Waals surface area contributed by atoms with Gasteiger partial charge in [0.05, 0.1) is 12.2 Å². The van der Waals surface area contributed by atoms with Gasteiger partial charge in [0, 0.05) is 6.42 Å². The van der Waals surface area contributed by atoms with E-state index in [0.29, 0.717) is 13.0 Å². The normalized spacial score (nSPS) is 14.2. The van der Waals surface area contributed by atoms with E-state index in [1.54, 1.807) is 0 Å². The van der Waals surface area contributed by atoms with Crippen LogP contribution in [-0.4, -0.2) is 12.4 Å². The van der Waals surface area contributed by atoms with E-state index in [0.717, 1.165) is 29.7 Å². The molecule has 2 rings (SSSR count). The van der Waals surface area contributed by atoms with Gasteiger partial charge < -0.3 is 4.74 Å². The average molecular weight is 190 g/mol. The van der Waals surface area contributed by atoms with Crippen molar-refractivity contribution in [2.75, 3.05) is 6.61 Å². The molecular formula is C12H14O2. The van der Waals surface area contributed by atoms with Gasteiger partial charge in [0.25, 0.3) is 0 Å². The first-order chi connectivity index (χ1) is 6.83. The van der Waals surface area contributed by atoms with Crippen molar-refractivity contribution in [1.29, 1.82) is 0 Å². The lowest BCUT2D eigenvalue weighted by Gasteiger charge is -2.08. The molecule has 2 nitrogen and oxygen atoms in total. The second kappa shape index (κ2) is 3.82. The lowest BCUT2D eigenvalue weighted by molar-refractivity contribution is 0.0991. The lowest BCUT2D eigenvalue weighted by atomic mass is 10.1. The Kier molecular flexibility index (Phi) is 2.53. The van der Waals surface area contributed by atoms with Crippen LogP contribution in [0.25, 0.3) is 0 Å². The Balaban J connectivity index is 2.32. The molecule has 0 fully saturated rings. The Morgan fingerprint density at radius 1 is 1.36 bits per heavy atom. The third kappa shape index (κ3) is 1.52. The molecule has 0 amide bonds. The molecule has 2 heteroatoms. The molecule has 0 unspecified atom stereocenters. The molecule has 14 heavy (non-hydrogen) atoms. The molecule has 0 atom stereocenters. The summed E-state index contributed by atoms with van der Waals surface area (Å²) in [4.78, 5) is 11.6. The Labute approximate surface area is 83.9 Å². The van der Waals surface area contributed by atoms with Gasteiger partial charge in [-0.15, -0.1) is 0 Å². The van der Waals surface area contributed by atoms with Crippen LogP contribution < -0.4 is 4.74 Å². The first-order valence-corrected chi connectivity index (χ1v) is 5.11. The zero-order chi connectivity index (χ0) is 9.97. The largest absolute Gasteiger partial charge is 0.493 e. The number of rotatable bonds is 3. The number of ketones is 1. The Hall–Kier alpha value is -1.31. The number of benzene rings is 1. The SMILES string of the molecule is CCCOc1cccc2c1C(=O)CC2. The fraction of sp³-hybridized carbons (Fsp3) is 0.417. The third-order valence-corrected chi connectivity index (χ3v) is 2.47. The maximum absolute atomic E-state index is 11.6. The van der Waals surface area contributed by atoms with Gasteiger partial charge in [0.15, 0.2) is 5.78 Å². The molecule has 0 saturated heterocycles. The van der Waals surface area contributed by atoms with Gasteiger partial charge in [-0.05, 0) is 24.5 Å². The van der Waals surface area contributed by atoms with Crippen LogP contribution in [0.4, 0.5) is 0 Å². The van der Waals surface area contributed by atoms with Gasteiger partial charge in [-0.1, -0.05) is 19.1 Å². The summed E-state index contributed by atoms with van der Waals surface area (Å²) in [7, 11) is 0. The highest BCUT2D eigenvalue weighted by Gasteiger charge is 2.23. The molecule has 0 aromatic heterocycles. The second-order valence-electron chi connectivity index (χ2n) is 3.56. The summed E-state index contributed by atoms with van der Waals surface area (Å²) < 4.78 is 5.55. The van der Waals surface area contributed by atoms with E-state index in [9.17, 15) is 4.79 Å². The van der Waals surface area contributed by atoms with Gasteiger partial charge in [-0.2, -0.15) is 0 Å². The first-order valence-electron chi connectivity index (χ1n) is 5.11. The number of Topliss-reactive ketones (excluding diaryl/α,β-unsaturated/α-hetero) is 1. The van der Waals surface area contributed by atoms with Gasteiger partial charge in [-0.25, -0.2) is 0 Å². The van der Waals surface area contributed by atoms with Crippen molar-refractivity contribution in [2.45, 2.75) is 26.2 Å². The van der Waals surface area contributed by atoms with Crippen LogP contribution in [0.3, 0.4) is 0 Å². The number of carbonyl (C=O) groups is 1. The summed E-state index contributed by atoms with van der Waals surface area (Å²) >= 11 is 0. The molecule has 0 aliphatic heterocycles. The average Bonchev–Trinajstić information content (AvgIpc) is 2.58. The topological polar surface area (TPSA) is 26.3 Å². The Morgan fingerprint density at radius 2 is 2.21 bits per heavy atom. The van der Waals surface area contributed by atoms with Crippen LogP contribution in [0.2, 0.25) is 0 Å². The summed E-state index contributed by atoms with van der Waals surface area (Å²) in [5.74, 6) is 0.999. The maximum atomic E-state index is 11.6. The van der Waals surface area contributed by atoms with E-state index >= 15 is 0 Å². The summed E-state index contributed by atoms with van der Waals surface area (Å²) in [6, 6.07) is 5.86. The third-order valence-electron chi connectivity index (χ3n) is 2.47. The van der Waals surface area contributed by atoms with Gasteiger partial charge in [0.2, 0.25) is 0 Å². The van der Waals surface area contributed by atoms with Crippen molar-refractivity contribution in [1.82, 2.24) is 0 Å². The molecule has 1 aliphatic carbocycles. The van der Waals surface area contributed by atoms with Gasteiger partial charge in [0.1, 0.15) is 5.75 Å². The molecule has 1 aromatic carbocycles. The minimum Gasteiger partial charge on any atom is -0.493 e. The minimum atomic E-state index is 0.228. The van der Waals surface area contributed by atoms with Crippen LogP contribution in [0, 0.1) is 0 Å². The smallest absolute Gasteiger partial charge is 0.167 e. The predicted octanol–water partition coefficient (Wildman–Crippen LogP) is 2.60. The summed E-state index contributed by atoms with van der Waals surface area (Å²) in [5, 5.41) is 0. The van der Waals surface area contributed by atoms with Crippen LogP contribution >= 0.6 is 0 Å². The second-order valence-corrected chi connectivity index (χ2v) is 3.56. The molecule has 1 aromatic rings. The van der Waals surface area contributed by atoms with E-state index in [-0.39, 0.29) is 5.78 Å². The quantitative estimate of drug-likeness (QED) is 0.732. The number of hydrogen-bond acceptors (Lipinski definition) is 2. The molecule has 0 saturated carbocycles. The number of aryl methyl sites for hydroxylation is 1. The van der Waals surface area contributed by atoms with Crippen LogP contribution in [0.5, 0.6) is 5.75 Å². The van der Waals surface area contributed by atoms with Crippen LogP contribution in [0.15, 0.2) is 18.2 Å². The van der Waals surface area contributed by atoms with Crippen molar-refractivity contribution in [3.05, 3.63) is 29.3 Å². The zero-order valence-electron chi connectivity index (χ0n) is 8.38. The summed E-state index contributed by atoms with van der Waals surface area (Å²) in [6.45, 7) is 2.74. The first kappa shape index (κ1) is 9.25. The van der Waals surface area contributed by atoms with Crippen molar-refractivity contribution >= 4 is 5.78 Å². The van der Waals surface area contributed by atoms with Crippen molar-refractivity contribution < 1.29 is 9.53 Å². The minimum absolute atomic E-state index is 0.228. The number of ether oxygens (including phenoxy) is 1. The number of fused-ring (bicyclic) bond motifs is 1. The van der Waals surface area contributed by atoms with E-state index in [1.807, 2.05) is 18.2 Å². The molecule has 0 bridgehead atoms. The highest BCUT2D eigenvalue weighted by atomic mass is 16.5. The standard InChI is InChI=1S/C12H14O2/c1-2-8-14-11-5-3-4-9-6-7-10(13)12(9)11/h3-5H,2,6-8H2,1H3. The van der Waals surface area contributed by atoms with Crippen LogP contribution in [-0.2, 0) is 6.42 Å². The van der Waals surface area contributed by atoms with E-state index in [2.05, 4.69) is 6.92 Å². The Bertz CT molecular complexity index is 355. The fourth-order valence-electron chi connectivity index (χ4n) is 1.81. The Morgan fingerprint density at radius 3 is 3.00 bits per heavy atom. The molecule has 74 valence electrons. The summed E-state index contributed by atoms with van der Waals surface area (Å²) in [5.41, 5.74) is 1.96.